The van der Waals surface area contributed by atoms with Crippen molar-refractivity contribution in [3.8, 4) is 0 Å². The smallest absolute Gasteiger partial charge is 0.242 e. The van der Waals surface area contributed by atoms with Crippen LogP contribution in [0.1, 0.15) is 49.3 Å². The van der Waals surface area contributed by atoms with Crippen molar-refractivity contribution in [3.63, 3.8) is 0 Å². The molecule has 3 rings (SSSR count). The predicted octanol–water partition coefficient (Wildman–Crippen LogP) is 4.36. The maximum absolute atomic E-state index is 13.4. The Morgan fingerprint density at radius 2 is 1.56 bits per heavy atom. The Labute approximate surface area is 162 Å². The van der Waals surface area contributed by atoms with E-state index in [2.05, 4.69) is 0 Å². The summed E-state index contributed by atoms with van der Waals surface area (Å²) in [6.45, 7) is 0. The van der Waals surface area contributed by atoms with E-state index < -0.39 is 16.1 Å². The Morgan fingerprint density at radius 3 is 2.15 bits per heavy atom. The van der Waals surface area contributed by atoms with Crippen LogP contribution in [-0.4, -0.2) is 30.9 Å². The molecule has 1 aliphatic carbocycles. The SMILES string of the molecule is CN(C1CCCCC1)S(=O)(=O)/C(=C/c1ccccc1)C(O)c1ccccc1. The van der Waals surface area contributed by atoms with Gasteiger partial charge in [-0.05, 0) is 30.0 Å². The lowest BCUT2D eigenvalue weighted by molar-refractivity contribution is 0.220. The van der Waals surface area contributed by atoms with Crippen molar-refractivity contribution < 1.29 is 13.5 Å². The van der Waals surface area contributed by atoms with Gasteiger partial charge in [0.25, 0.3) is 0 Å². The number of aliphatic hydroxyl groups is 1. The van der Waals surface area contributed by atoms with Gasteiger partial charge in [-0.1, -0.05) is 79.9 Å². The molecule has 0 saturated heterocycles. The minimum Gasteiger partial charge on any atom is -0.383 e. The lowest BCUT2D eigenvalue weighted by Crippen LogP contribution is -2.39. The number of rotatable bonds is 6. The number of nitrogens with zero attached hydrogens (tertiary/aromatic N) is 1. The molecule has 1 fully saturated rings. The second kappa shape index (κ2) is 8.83. The van der Waals surface area contributed by atoms with E-state index in [4.69, 9.17) is 0 Å². The highest BCUT2D eigenvalue weighted by Gasteiger charge is 2.34. The van der Waals surface area contributed by atoms with Crippen LogP contribution in [-0.2, 0) is 10.0 Å². The van der Waals surface area contributed by atoms with Crippen molar-refractivity contribution in [1.29, 1.82) is 0 Å². The summed E-state index contributed by atoms with van der Waals surface area (Å²) in [4.78, 5) is 0.0213. The van der Waals surface area contributed by atoms with Crippen LogP contribution in [0.4, 0.5) is 0 Å². The summed E-state index contributed by atoms with van der Waals surface area (Å²) in [5, 5.41) is 11.0. The van der Waals surface area contributed by atoms with Crippen LogP contribution in [0.25, 0.3) is 6.08 Å². The Kier molecular flexibility index (Phi) is 6.47. The Hall–Kier alpha value is -1.95. The molecule has 1 atom stereocenters. The summed E-state index contributed by atoms with van der Waals surface area (Å²) in [5.74, 6) is 0. The Morgan fingerprint density at radius 1 is 1.00 bits per heavy atom. The largest absolute Gasteiger partial charge is 0.383 e. The molecule has 1 saturated carbocycles. The standard InChI is InChI=1S/C22H27NO3S/c1-23(20-15-9-4-10-16-20)27(25,26)21(17-18-11-5-2-6-12-18)22(24)19-13-7-3-8-14-19/h2-3,5-8,11-14,17,20,22,24H,4,9-10,15-16H2,1H3/b21-17+. The molecule has 1 unspecified atom stereocenters. The fraction of sp³-hybridized carbons (Fsp3) is 0.364. The van der Waals surface area contributed by atoms with Crippen LogP contribution in [0.15, 0.2) is 65.6 Å². The van der Waals surface area contributed by atoms with E-state index in [1.165, 1.54) is 4.31 Å². The molecule has 5 heteroatoms. The van der Waals surface area contributed by atoms with Gasteiger partial charge in [0.05, 0.1) is 4.91 Å². The summed E-state index contributed by atoms with van der Waals surface area (Å²) in [6.07, 6.45) is 5.37. The molecular weight excluding hydrogens is 358 g/mol. The zero-order valence-corrected chi connectivity index (χ0v) is 16.5. The first kappa shape index (κ1) is 19.8. The van der Waals surface area contributed by atoms with Crippen LogP contribution in [0.2, 0.25) is 0 Å². The second-order valence-corrected chi connectivity index (χ2v) is 9.08. The van der Waals surface area contributed by atoms with Gasteiger partial charge in [0, 0.05) is 13.1 Å². The molecule has 0 spiro atoms. The third kappa shape index (κ3) is 4.67. The van der Waals surface area contributed by atoms with Gasteiger partial charge < -0.3 is 5.11 Å². The lowest BCUT2D eigenvalue weighted by Gasteiger charge is -2.32. The van der Waals surface area contributed by atoms with Crippen LogP contribution in [0.5, 0.6) is 0 Å². The molecule has 0 radical (unpaired) electrons. The molecule has 0 aromatic heterocycles. The molecule has 144 valence electrons. The van der Waals surface area contributed by atoms with E-state index in [0.717, 1.165) is 37.7 Å². The third-order valence-electron chi connectivity index (χ3n) is 5.26. The Bertz CT molecular complexity index is 857. The fourth-order valence-electron chi connectivity index (χ4n) is 3.61. The van der Waals surface area contributed by atoms with Crippen LogP contribution in [0, 0.1) is 0 Å². The number of benzene rings is 2. The normalized spacial score (nSPS) is 17.8. The highest BCUT2D eigenvalue weighted by molar-refractivity contribution is 7.93. The molecule has 2 aromatic carbocycles. The maximum Gasteiger partial charge on any atom is 0.242 e. The molecular formula is C22H27NO3S. The summed E-state index contributed by atoms with van der Waals surface area (Å²) < 4.78 is 28.4. The number of hydrogen-bond donors (Lipinski definition) is 1. The molecule has 1 N–H and O–H groups in total. The quantitative estimate of drug-likeness (QED) is 0.804. The first-order valence-corrected chi connectivity index (χ1v) is 10.9. The molecule has 0 amide bonds. The molecule has 2 aromatic rings. The lowest BCUT2D eigenvalue weighted by atomic mass is 9.96. The van der Waals surface area contributed by atoms with E-state index >= 15 is 0 Å². The van der Waals surface area contributed by atoms with Crippen molar-refractivity contribution in [2.24, 2.45) is 0 Å². The summed E-state index contributed by atoms with van der Waals surface area (Å²) in [7, 11) is -2.16. The maximum atomic E-state index is 13.4. The summed E-state index contributed by atoms with van der Waals surface area (Å²) in [6, 6.07) is 18.2. The van der Waals surface area contributed by atoms with E-state index in [9.17, 15) is 13.5 Å². The zero-order valence-electron chi connectivity index (χ0n) is 15.7. The summed E-state index contributed by atoms with van der Waals surface area (Å²) >= 11 is 0. The van der Waals surface area contributed by atoms with Crippen molar-refractivity contribution in [2.75, 3.05) is 7.05 Å². The molecule has 27 heavy (non-hydrogen) atoms. The van der Waals surface area contributed by atoms with Crippen molar-refractivity contribution in [3.05, 3.63) is 76.7 Å². The topological polar surface area (TPSA) is 57.6 Å². The first-order valence-electron chi connectivity index (χ1n) is 9.48. The zero-order chi connectivity index (χ0) is 19.3. The molecule has 0 heterocycles. The van der Waals surface area contributed by atoms with E-state index in [1.807, 2.05) is 36.4 Å². The van der Waals surface area contributed by atoms with Gasteiger partial charge in [0.2, 0.25) is 10.0 Å². The van der Waals surface area contributed by atoms with Crippen LogP contribution in [0.3, 0.4) is 0 Å². The predicted molar refractivity (Wildman–Crippen MR) is 109 cm³/mol. The minimum atomic E-state index is -3.80. The first-order chi connectivity index (χ1) is 13.0. The van der Waals surface area contributed by atoms with Crippen molar-refractivity contribution >= 4 is 16.1 Å². The fourth-order valence-corrected chi connectivity index (χ4v) is 5.25. The molecule has 0 aliphatic heterocycles. The van der Waals surface area contributed by atoms with E-state index in [1.54, 1.807) is 37.4 Å². The molecule has 4 nitrogen and oxygen atoms in total. The van der Waals surface area contributed by atoms with Crippen molar-refractivity contribution in [2.45, 2.75) is 44.2 Å². The van der Waals surface area contributed by atoms with Crippen molar-refractivity contribution in [1.82, 2.24) is 4.31 Å². The summed E-state index contributed by atoms with van der Waals surface area (Å²) in [5.41, 5.74) is 1.32. The van der Waals surface area contributed by atoms with E-state index in [-0.39, 0.29) is 10.9 Å². The van der Waals surface area contributed by atoms with Gasteiger partial charge in [-0.3, -0.25) is 0 Å². The monoisotopic (exact) mass is 385 g/mol. The highest BCUT2D eigenvalue weighted by atomic mass is 32.2. The Balaban J connectivity index is 2.01. The highest BCUT2D eigenvalue weighted by Crippen LogP contribution is 2.33. The molecule has 1 aliphatic rings. The second-order valence-electron chi connectivity index (χ2n) is 7.08. The van der Waals surface area contributed by atoms with Crippen LogP contribution >= 0.6 is 0 Å². The average molecular weight is 386 g/mol. The average Bonchev–Trinajstić information content (AvgIpc) is 2.73. The van der Waals surface area contributed by atoms with Gasteiger partial charge in [-0.25, -0.2) is 8.42 Å². The third-order valence-corrected chi connectivity index (χ3v) is 7.25. The number of aliphatic hydroxyl groups excluding tert-OH is 1. The van der Waals surface area contributed by atoms with Crippen LogP contribution < -0.4 is 0 Å². The molecule has 0 bridgehead atoms. The van der Waals surface area contributed by atoms with Gasteiger partial charge in [0.15, 0.2) is 0 Å². The minimum absolute atomic E-state index is 0.00843. The number of sulfonamides is 1. The van der Waals surface area contributed by atoms with E-state index in [0.29, 0.717) is 5.56 Å². The van der Waals surface area contributed by atoms with Gasteiger partial charge in [-0.15, -0.1) is 0 Å². The number of hydrogen-bond acceptors (Lipinski definition) is 3. The van der Waals surface area contributed by atoms with Gasteiger partial charge >= 0.3 is 0 Å². The van der Waals surface area contributed by atoms with Gasteiger partial charge in [0.1, 0.15) is 6.10 Å². The van der Waals surface area contributed by atoms with Gasteiger partial charge in [-0.2, -0.15) is 4.31 Å².